The Morgan fingerprint density at radius 3 is 2.67 bits per heavy atom. The quantitative estimate of drug-likeness (QED) is 0.515. The number of aromatic nitrogens is 3. The number of amides is 1. The number of ether oxygens (including phenoxy) is 2. The number of benzene rings is 2. The van der Waals surface area contributed by atoms with Gasteiger partial charge in [0, 0.05) is 19.0 Å². The second-order valence-corrected chi connectivity index (χ2v) is 9.51. The summed E-state index contributed by atoms with van der Waals surface area (Å²) in [7, 11) is 1.92. The van der Waals surface area contributed by atoms with Gasteiger partial charge in [0.2, 0.25) is 5.91 Å². The summed E-state index contributed by atoms with van der Waals surface area (Å²) < 4.78 is 13.5. The van der Waals surface area contributed by atoms with Crippen LogP contribution in [0.5, 0.6) is 11.5 Å². The van der Waals surface area contributed by atoms with Crippen LogP contribution in [0.3, 0.4) is 0 Å². The Labute approximate surface area is 198 Å². The summed E-state index contributed by atoms with van der Waals surface area (Å²) in [4.78, 5) is 12.8. The molecule has 0 saturated carbocycles. The normalized spacial score (nSPS) is 14.1. The lowest BCUT2D eigenvalue weighted by Gasteiger charge is -2.24. The van der Waals surface area contributed by atoms with E-state index in [2.05, 4.69) is 35.4 Å². The van der Waals surface area contributed by atoms with E-state index in [9.17, 15) is 4.79 Å². The molecule has 174 valence electrons. The summed E-state index contributed by atoms with van der Waals surface area (Å²) in [6.07, 6.45) is 0.860. The molecule has 0 fully saturated rings. The predicted octanol–water partition coefficient (Wildman–Crippen LogP) is 4.56. The monoisotopic (exact) mass is 466 g/mol. The zero-order chi connectivity index (χ0) is 23.4. The van der Waals surface area contributed by atoms with Crippen molar-refractivity contribution in [3.05, 3.63) is 53.6 Å². The third-order valence-electron chi connectivity index (χ3n) is 5.56. The van der Waals surface area contributed by atoms with Gasteiger partial charge >= 0.3 is 0 Å². The van der Waals surface area contributed by atoms with Gasteiger partial charge in [0.1, 0.15) is 0 Å². The van der Waals surface area contributed by atoms with Gasteiger partial charge in [-0.3, -0.25) is 4.79 Å². The van der Waals surface area contributed by atoms with Crippen molar-refractivity contribution < 1.29 is 14.3 Å². The molecule has 8 heteroatoms. The first-order valence-electron chi connectivity index (χ1n) is 11.2. The molecule has 4 rings (SSSR count). The number of fused-ring (bicyclic) bond motifs is 1. The molecule has 7 nitrogen and oxygen atoms in total. The number of aryl methyl sites for hydroxylation is 1. The molecule has 0 saturated heterocycles. The first-order valence-corrected chi connectivity index (χ1v) is 12.2. The van der Waals surface area contributed by atoms with Gasteiger partial charge < -0.3 is 19.4 Å². The highest BCUT2D eigenvalue weighted by atomic mass is 32.2. The molecule has 33 heavy (non-hydrogen) atoms. The summed E-state index contributed by atoms with van der Waals surface area (Å²) in [6, 6.07) is 13.9. The smallest absolute Gasteiger partial charge is 0.230 e. The molecule has 0 aliphatic carbocycles. The molecule has 1 unspecified atom stereocenters. The molecule has 0 spiro atoms. The van der Waals surface area contributed by atoms with Gasteiger partial charge in [-0.1, -0.05) is 55.4 Å². The van der Waals surface area contributed by atoms with Crippen molar-refractivity contribution in [1.82, 2.24) is 20.1 Å². The molecule has 2 heterocycles. The van der Waals surface area contributed by atoms with Crippen LogP contribution in [0, 0.1) is 12.8 Å². The highest BCUT2D eigenvalue weighted by molar-refractivity contribution is 7.99. The SMILES string of the molecule is Cc1cccc(-c2nnc(SCC(=O)NC(c3ccc4c(c3)OCCCO4)C(C)C)n2C)c1. The fourth-order valence-corrected chi connectivity index (χ4v) is 4.55. The van der Waals surface area contributed by atoms with E-state index in [0.29, 0.717) is 18.4 Å². The van der Waals surface area contributed by atoms with Crippen LogP contribution >= 0.6 is 11.8 Å². The number of rotatable bonds is 7. The van der Waals surface area contributed by atoms with E-state index >= 15 is 0 Å². The van der Waals surface area contributed by atoms with Crippen LogP contribution in [0.1, 0.15) is 37.4 Å². The second kappa shape index (κ2) is 10.3. The lowest BCUT2D eigenvalue weighted by atomic mass is 9.95. The van der Waals surface area contributed by atoms with Crippen LogP contribution < -0.4 is 14.8 Å². The highest BCUT2D eigenvalue weighted by Gasteiger charge is 2.22. The number of carbonyl (C=O) groups is 1. The second-order valence-electron chi connectivity index (χ2n) is 8.57. The average molecular weight is 467 g/mol. The Bertz CT molecular complexity index is 1130. The van der Waals surface area contributed by atoms with Crippen LogP contribution in [0.4, 0.5) is 0 Å². The number of hydrogen-bond acceptors (Lipinski definition) is 6. The summed E-state index contributed by atoms with van der Waals surface area (Å²) in [5.74, 6) is 2.70. The van der Waals surface area contributed by atoms with Gasteiger partial charge in [-0.05, 0) is 36.6 Å². The molecule has 1 atom stereocenters. The van der Waals surface area contributed by atoms with Crippen molar-refractivity contribution in [3.8, 4) is 22.9 Å². The number of nitrogens with zero attached hydrogens (tertiary/aromatic N) is 3. The zero-order valence-corrected chi connectivity index (χ0v) is 20.3. The van der Waals surface area contributed by atoms with E-state index in [0.717, 1.165) is 34.9 Å². The molecule has 3 aromatic rings. The maximum atomic E-state index is 12.8. The molecular weight excluding hydrogens is 436 g/mol. The Hall–Kier alpha value is -3.00. The van der Waals surface area contributed by atoms with Crippen molar-refractivity contribution in [2.24, 2.45) is 13.0 Å². The zero-order valence-electron chi connectivity index (χ0n) is 19.5. The van der Waals surface area contributed by atoms with Crippen molar-refractivity contribution in [1.29, 1.82) is 0 Å². The van der Waals surface area contributed by atoms with Gasteiger partial charge in [-0.2, -0.15) is 0 Å². The third-order valence-corrected chi connectivity index (χ3v) is 6.58. The van der Waals surface area contributed by atoms with Gasteiger partial charge in [0.15, 0.2) is 22.5 Å². The predicted molar refractivity (Wildman–Crippen MR) is 130 cm³/mol. The van der Waals surface area contributed by atoms with Crippen LogP contribution in [0.15, 0.2) is 47.6 Å². The average Bonchev–Trinajstić information content (AvgIpc) is 3.00. The summed E-state index contributed by atoms with van der Waals surface area (Å²) in [6.45, 7) is 7.53. The van der Waals surface area contributed by atoms with Crippen LogP contribution in [0.2, 0.25) is 0 Å². The van der Waals surface area contributed by atoms with E-state index in [4.69, 9.17) is 9.47 Å². The van der Waals surface area contributed by atoms with E-state index < -0.39 is 0 Å². The first kappa shape index (κ1) is 23.2. The summed E-state index contributed by atoms with van der Waals surface area (Å²) in [5.41, 5.74) is 3.18. The minimum absolute atomic E-state index is 0.0501. The molecule has 1 N–H and O–H groups in total. The van der Waals surface area contributed by atoms with Crippen molar-refractivity contribution >= 4 is 17.7 Å². The molecule has 1 aliphatic rings. The van der Waals surface area contributed by atoms with Gasteiger partial charge in [-0.15, -0.1) is 10.2 Å². The van der Waals surface area contributed by atoms with E-state index in [-0.39, 0.29) is 23.6 Å². The minimum Gasteiger partial charge on any atom is -0.490 e. The van der Waals surface area contributed by atoms with E-state index in [1.165, 1.54) is 17.3 Å². The fraction of sp³-hybridized carbons (Fsp3) is 0.400. The summed E-state index contributed by atoms with van der Waals surface area (Å²) in [5, 5.41) is 12.5. The Morgan fingerprint density at radius 2 is 1.91 bits per heavy atom. The highest BCUT2D eigenvalue weighted by Crippen LogP contribution is 2.34. The molecule has 1 aliphatic heterocycles. The standard InChI is InChI=1S/C25H30N4O3S/c1-16(2)23(18-9-10-20-21(14-18)32-12-6-11-31-20)26-22(30)15-33-25-28-27-24(29(25)4)19-8-5-7-17(3)13-19/h5,7-10,13-14,16,23H,6,11-12,15H2,1-4H3,(H,26,30). The molecule has 1 aromatic heterocycles. The lowest BCUT2D eigenvalue weighted by molar-refractivity contribution is -0.119. The first-order chi connectivity index (χ1) is 15.9. The van der Waals surface area contributed by atoms with Crippen molar-refractivity contribution in [2.45, 2.75) is 38.4 Å². The van der Waals surface area contributed by atoms with Crippen molar-refractivity contribution in [3.63, 3.8) is 0 Å². The number of thioether (sulfide) groups is 1. The fourth-order valence-electron chi connectivity index (χ4n) is 3.83. The number of hydrogen-bond donors (Lipinski definition) is 1. The van der Waals surface area contributed by atoms with E-state index in [1.54, 1.807) is 0 Å². The van der Waals surface area contributed by atoms with Crippen LogP contribution in [0.25, 0.3) is 11.4 Å². The topological polar surface area (TPSA) is 78.3 Å². The van der Waals surface area contributed by atoms with Gasteiger partial charge in [-0.25, -0.2) is 0 Å². The molecule has 2 aromatic carbocycles. The van der Waals surface area contributed by atoms with E-state index in [1.807, 2.05) is 54.9 Å². The number of nitrogens with one attached hydrogen (secondary N) is 1. The molecule has 1 amide bonds. The Balaban J connectivity index is 1.42. The molecule has 0 radical (unpaired) electrons. The Morgan fingerprint density at radius 1 is 1.12 bits per heavy atom. The minimum atomic E-state index is -0.127. The lowest BCUT2D eigenvalue weighted by Crippen LogP contribution is -2.33. The largest absolute Gasteiger partial charge is 0.490 e. The van der Waals surface area contributed by atoms with Crippen LogP contribution in [-0.2, 0) is 11.8 Å². The number of carbonyl (C=O) groups excluding carboxylic acids is 1. The molecule has 0 bridgehead atoms. The maximum Gasteiger partial charge on any atom is 0.230 e. The molecular formula is C25H30N4O3S. The van der Waals surface area contributed by atoms with Crippen LogP contribution in [-0.4, -0.2) is 39.6 Å². The maximum absolute atomic E-state index is 12.8. The van der Waals surface area contributed by atoms with Crippen molar-refractivity contribution in [2.75, 3.05) is 19.0 Å². The third kappa shape index (κ3) is 5.50. The van der Waals surface area contributed by atoms with Gasteiger partial charge in [0.05, 0.1) is 25.0 Å². The summed E-state index contributed by atoms with van der Waals surface area (Å²) >= 11 is 1.38. The van der Waals surface area contributed by atoms with Gasteiger partial charge in [0.25, 0.3) is 0 Å². The Kier molecular flexibility index (Phi) is 7.23.